The fourth-order valence-corrected chi connectivity index (χ4v) is 2.35. The summed E-state index contributed by atoms with van der Waals surface area (Å²) in [5.41, 5.74) is 3.23. The van der Waals surface area contributed by atoms with E-state index in [0.717, 1.165) is 0 Å². The second-order valence-corrected chi connectivity index (χ2v) is 3.37. The molecule has 0 nitrogen and oxygen atoms in total. The zero-order chi connectivity index (χ0) is 6.10. The summed E-state index contributed by atoms with van der Waals surface area (Å²) in [6.45, 7) is 0. The van der Waals surface area contributed by atoms with Gasteiger partial charge in [0.05, 0.1) is 0 Å². The van der Waals surface area contributed by atoms with Crippen molar-refractivity contribution >= 4 is 11.3 Å². The lowest BCUT2D eigenvalue weighted by Crippen LogP contribution is -1.97. The largest absolute Gasteiger partial charge is 0.152 e. The lowest BCUT2D eigenvalue weighted by molar-refractivity contribution is 0.690. The lowest BCUT2D eigenvalue weighted by Gasteiger charge is -2.08. The summed E-state index contributed by atoms with van der Waals surface area (Å²) in [6.07, 6.45) is 5.48. The van der Waals surface area contributed by atoms with Gasteiger partial charge < -0.3 is 0 Å². The molecule has 10 heavy (non-hydrogen) atoms. The van der Waals surface area contributed by atoms with Gasteiger partial charge in [0.15, 0.2) is 0 Å². The van der Waals surface area contributed by atoms with Crippen LogP contribution in [0.3, 0.4) is 0 Å². The van der Waals surface area contributed by atoms with Gasteiger partial charge >= 0.3 is 0 Å². The highest BCUT2D eigenvalue weighted by molar-refractivity contribution is 7.08. The molecule has 0 radical (unpaired) electrons. The number of hydrogen-bond donors (Lipinski definition) is 0. The SMILES string of the molecule is C.c1scc2c1CCCC2. The highest BCUT2D eigenvalue weighted by Crippen LogP contribution is 2.23. The Kier molecular flexibility index (Phi) is 2.50. The van der Waals surface area contributed by atoms with Crippen molar-refractivity contribution in [1.29, 1.82) is 0 Å². The first-order chi connectivity index (χ1) is 4.47. The van der Waals surface area contributed by atoms with Gasteiger partial charge in [-0.3, -0.25) is 0 Å². The third-order valence-electron chi connectivity index (χ3n) is 1.98. The minimum atomic E-state index is 0. The third kappa shape index (κ3) is 1.24. The van der Waals surface area contributed by atoms with Crippen molar-refractivity contribution in [3.63, 3.8) is 0 Å². The zero-order valence-electron chi connectivity index (χ0n) is 5.39. The Morgan fingerprint density at radius 1 is 1.00 bits per heavy atom. The van der Waals surface area contributed by atoms with Gasteiger partial charge in [-0.25, -0.2) is 0 Å². The maximum absolute atomic E-state index is 2.30. The Hall–Kier alpha value is -0.300. The summed E-state index contributed by atoms with van der Waals surface area (Å²) in [5, 5.41) is 4.60. The van der Waals surface area contributed by atoms with Crippen molar-refractivity contribution in [1.82, 2.24) is 0 Å². The molecular formula is C9H14S. The smallest absolute Gasteiger partial charge is 0.00584 e. The van der Waals surface area contributed by atoms with Crippen molar-refractivity contribution < 1.29 is 0 Å². The predicted octanol–water partition coefficient (Wildman–Crippen LogP) is 3.26. The summed E-state index contributed by atoms with van der Waals surface area (Å²) in [7, 11) is 0. The highest BCUT2D eigenvalue weighted by Gasteiger charge is 2.07. The van der Waals surface area contributed by atoms with E-state index in [-0.39, 0.29) is 7.43 Å². The van der Waals surface area contributed by atoms with Gasteiger partial charge in [-0.05, 0) is 47.6 Å². The molecule has 2 rings (SSSR count). The third-order valence-corrected chi connectivity index (χ3v) is 2.82. The van der Waals surface area contributed by atoms with Crippen molar-refractivity contribution in [2.45, 2.75) is 33.1 Å². The molecule has 0 bridgehead atoms. The van der Waals surface area contributed by atoms with Crippen LogP contribution in [0.4, 0.5) is 0 Å². The van der Waals surface area contributed by atoms with E-state index < -0.39 is 0 Å². The molecule has 1 heteroatoms. The average molecular weight is 154 g/mol. The van der Waals surface area contributed by atoms with E-state index in [1.54, 1.807) is 11.1 Å². The molecule has 0 atom stereocenters. The van der Waals surface area contributed by atoms with Gasteiger partial charge in [0.25, 0.3) is 0 Å². The van der Waals surface area contributed by atoms with Crippen molar-refractivity contribution in [3.8, 4) is 0 Å². The minimum absolute atomic E-state index is 0. The first-order valence-electron chi connectivity index (χ1n) is 3.51. The van der Waals surface area contributed by atoms with Gasteiger partial charge in [0.1, 0.15) is 0 Å². The van der Waals surface area contributed by atoms with Crippen molar-refractivity contribution in [2.75, 3.05) is 0 Å². The van der Waals surface area contributed by atoms with E-state index in [1.165, 1.54) is 25.7 Å². The first kappa shape index (κ1) is 7.80. The van der Waals surface area contributed by atoms with Gasteiger partial charge in [-0.2, -0.15) is 11.3 Å². The molecule has 0 unspecified atom stereocenters. The Bertz CT molecular complexity index is 180. The molecule has 0 aromatic carbocycles. The second-order valence-electron chi connectivity index (χ2n) is 2.63. The van der Waals surface area contributed by atoms with Crippen molar-refractivity contribution in [3.05, 3.63) is 21.9 Å². The first-order valence-corrected chi connectivity index (χ1v) is 4.45. The van der Waals surface area contributed by atoms with Gasteiger partial charge in [-0.15, -0.1) is 0 Å². The highest BCUT2D eigenvalue weighted by atomic mass is 32.1. The Labute approximate surface area is 66.9 Å². The topological polar surface area (TPSA) is 0 Å². The van der Waals surface area contributed by atoms with Crippen LogP contribution in [0.2, 0.25) is 0 Å². The van der Waals surface area contributed by atoms with Crippen LogP contribution in [0.1, 0.15) is 31.4 Å². The summed E-state index contributed by atoms with van der Waals surface area (Å²) in [5.74, 6) is 0. The summed E-state index contributed by atoms with van der Waals surface area (Å²) < 4.78 is 0. The zero-order valence-corrected chi connectivity index (χ0v) is 6.21. The molecule has 0 fully saturated rings. The molecule has 1 aliphatic carbocycles. The van der Waals surface area contributed by atoms with E-state index in [1.807, 2.05) is 11.3 Å². The normalized spacial score (nSPS) is 15.6. The van der Waals surface area contributed by atoms with Crippen LogP contribution >= 0.6 is 11.3 Å². The number of aryl methyl sites for hydroxylation is 2. The second kappa shape index (κ2) is 3.20. The molecule has 1 heterocycles. The molecule has 0 N–H and O–H groups in total. The fraction of sp³-hybridized carbons (Fsp3) is 0.556. The summed E-state index contributed by atoms with van der Waals surface area (Å²) in [4.78, 5) is 0. The van der Waals surface area contributed by atoms with Crippen LogP contribution in [0.5, 0.6) is 0 Å². The van der Waals surface area contributed by atoms with Crippen LogP contribution in [0.25, 0.3) is 0 Å². The number of thiophene rings is 1. The van der Waals surface area contributed by atoms with Crippen LogP contribution in [0, 0.1) is 0 Å². The van der Waals surface area contributed by atoms with Crippen LogP contribution in [0.15, 0.2) is 10.8 Å². The average Bonchev–Trinajstić information content (AvgIpc) is 2.33. The minimum Gasteiger partial charge on any atom is -0.152 e. The molecule has 1 aromatic rings. The van der Waals surface area contributed by atoms with Crippen LogP contribution < -0.4 is 0 Å². The summed E-state index contributed by atoms with van der Waals surface area (Å²) >= 11 is 1.86. The van der Waals surface area contributed by atoms with Gasteiger partial charge in [0, 0.05) is 0 Å². The predicted molar refractivity (Wildman–Crippen MR) is 47.7 cm³/mol. The van der Waals surface area contributed by atoms with Crippen LogP contribution in [-0.4, -0.2) is 0 Å². The van der Waals surface area contributed by atoms with Gasteiger partial charge in [0.2, 0.25) is 0 Å². The molecule has 1 aliphatic rings. The lowest BCUT2D eigenvalue weighted by atomic mass is 9.96. The molecule has 0 aliphatic heterocycles. The quantitative estimate of drug-likeness (QED) is 0.538. The Morgan fingerprint density at radius 2 is 1.50 bits per heavy atom. The Balaban J connectivity index is 0.000000500. The molecule has 1 aromatic heterocycles. The van der Waals surface area contributed by atoms with E-state index in [2.05, 4.69) is 10.8 Å². The van der Waals surface area contributed by atoms with Crippen molar-refractivity contribution in [2.24, 2.45) is 0 Å². The fourth-order valence-electron chi connectivity index (χ4n) is 1.42. The number of fused-ring (bicyclic) bond motifs is 1. The van der Waals surface area contributed by atoms with Gasteiger partial charge in [-0.1, -0.05) is 7.43 Å². The molecule has 0 spiro atoms. The van der Waals surface area contributed by atoms with E-state index in [9.17, 15) is 0 Å². The summed E-state index contributed by atoms with van der Waals surface area (Å²) in [6, 6.07) is 0. The number of rotatable bonds is 0. The molecular weight excluding hydrogens is 140 g/mol. The maximum atomic E-state index is 2.30. The Morgan fingerprint density at radius 3 is 2.00 bits per heavy atom. The molecule has 0 saturated carbocycles. The van der Waals surface area contributed by atoms with E-state index in [4.69, 9.17) is 0 Å². The molecule has 0 saturated heterocycles. The van der Waals surface area contributed by atoms with Crippen LogP contribution in [-0.2, 0) is 12.8 Å². The standard InChI is InChI=1S/C8H10S.CH4/c1-2-4-8-6-9-5-7(8)3-1;/h5-6H,1-4H2;1H4. The number of hydrogen-bond acceptors (Lipinski definition) is 1. The van der Waals surface area contributed by atoms with E-state index in [0.29, 0.717) is 0 Å². The van der Waals surface area contributed by atoms with E-state index >= 15 is 0 Å². The molecule has 56 valence electrons. The monoisotopic (exact) mass is 154 g/mol. The molecule has 0 amide bonds. The maximum Gasteiger partial charge on any atom is -0.00584 e.